The highest BCUT2D eigenvalue weighted by Gasteiger charge is 2.53. The fraction of sp³-hybridized carbons (Fsp3) is 0.833. The van der Waals surface area contributed by atoms with Gasteiger partial charge in [-0.15, -0.1) is 6.58 Å². The standard InChI is InChI=1S/C36H57N5O5/c1-10-11-25-14-21(2)15-26(41(25)34(44)46-36(7,8)9)19-24(39-40-37)12-13-27-23-18-28-29(16-22(3)17-30(28)38-20-23)31(32(27)42)33(43)45-35(4,5)6/h10,21-29,31H,1,11-20H2,2-9H3/t21-,22?,23+,24-,25+,26?,27?,28?,29?,31?/m0/s1. The molecule has 0 radical (unpaired) electrons. The number of ether oxygens (including phenoxy) is 2. The summed E-state index contributed by atoms with van der Waals surface area (Å²) in [6, 6.07) is -0.647. The van der Waals surface area contributed by atoms with Crippen LogP contribution in [-0.2, 0) is 19.1 Å². The van der Waals surface area contributed by atoms with Crippen molar-refractivity contribution in [2.75, 3.05) is 6.54 Å². The zero-order valence-corrected chi connectivity index (χ0v) is 29.4. The Balaban J connectivity index is 1.59. The maximum Gasteiger partial charge on any atom is 0.410 e. The first kappa shape index (κ1) is 36.0. The Hall–Kier alpha value is -2.87. The van der Waals surface area contributed by atoms with E-state index in [0.29, 0.717) is 44.1 Å². The summed E-state index contributed by atoms with van der Waals surface area (Å²) in [5.41, 5.74) is 9.43. The monoisotopic (exact) mass is 639 g/mol. The highest BCUT2D eigenvalue weighted by molar-refractivity contribution is 6.02. The Morgan fingerprint density at radius 2 is 1.74 bits per heavy atom. The molecule has 256 valence electrons. The summed E-state index contributed by atoms with van der Waals surface area (Å²) < 4.78 is 11.7. The number of likely N-dealkylation sites (tertiary alicyclic amines) is 1. The Bertz CT molecular complexity index is 1230. The highest BCUT2D eigenvalue weighted by atomic mass is 16.6. The van der Waals surface area contributed by atoms with Gasteiger partial charge in [-0.3, -0.25) is 14.6 Å². The van der Waals surface area contributed by atoms with Gasteiger partial charge in [-0.1, -0.05) is 25.0 Å². The Morgan fingerprint density at radius 3 is 2.37 bits per heavy atom. The lowest BCUT2D eigenvalue weighted by atomic mass is 9.66. The van der Waals surface area contributed by atoms with Crippen LogP contribution in [0.25, 0.3) is 10.4 Å². The van der Waals surface area contributed by atoms with Crippen molar-refractivity contribution in [3.05, 3.63) is 23.1 Å². The molecule has 2 heterocycles. The molecule has 0 aromatic rings. The number of esters is 1. The van der Waals surface area contributed by atoms with Crippen molar-refractivity contribution in [3.8, 4) is 0 Å². The fourth-order valence-electron chi connectivity index (χ4n) is 8.72. The molecular formula is C36H57N5O5. The van der Waals surface area contributed by atoms with Gasteiger partial charge < -0.3 is 14.4 Å². The number of hydrogen-bond donors (Lipinski definition) is 0. The molecule has 0 aromatic carbocycles. The number of hydrogen-bond acceptors (Lipinski definition) is 7. The van der Waals surface area contributed by atoms with E-state index >= 15 is 0 Å². The van der Waals surface area contributed by atoms with Crippen LogP contribution in [-0.4, -0.2) is 64.3 Å². The van der Waals surface area contributed by atoms with Gasteiger partial charge in [0.1, 0.15) is 17.1 Å². The van der Waals surface area contributed by atoms with E-state index in [1.54, 1.807) is 0 Å². The minimum atomic E-state index is -0.815. The van der Waals surface area contributed by atoms with Crippen molar-refractivity contribution in [3.63, 3.8) is 0 Å². The number of ketones is 1. The summed E-state index contributed by atoms with van der Waals surface area (Å²) in [6.45, 7) is 20.0. The molecule has 0 spiro atoms. The molecule has 10 nitrogen and oxygen atoms in total. The second kappa shape index (κ2) is 14.5. The molecule has 2 aliphatic heterocycles. The second-order valence-corrected chi connectivity index (χ2v) is 16.6. The zero-order valence-electron chi connectivity index (χ0n) is 29.4. The van der Waals surface area contributed by atoms with E-state index in [-0.39, 0.29) is 47.6 Å². The number of rotatable bonds is 9. The first-order valence-electron chi connectivity index (χ1n) is 17.5. The molecule has 1 saturated heterocycles. The Morgan fingerprint density at radius 1 is 1.07 bits per heavy atom. The van der Waals surface area contributed by atoms with Crippen molar-refractivity contribution < 1.29 is 23.9 Å². The molecule has 2 bridgehead atoms. The predicted molar refractivity (Wildman–Crippen MR) is 179 cm³/mol. The summed E-state index contributed by atoms with van der Waals surface area (Å²) in [5.74, 6) is -0.843. The lowest BCUT2D eigenvalue weighted by molar-refractivity contribution is -0.165. The molecule has 4 aliphatic rings. The van der Waals surface area contributed by atoms with Crippen LogP contribution in [0.15, 0.2) is 22.8 Å². The largest absolute Gasteiger partial charge is 0.459 e. The van der Waals surface area contributed by atoms with Crippen LogP contribution in [0.1, 0.15) is 113 Å². The molecule has 2 saturated carbocycles. The summed E-state index contributed by atoms with van der Waals surface area (Å²) in [7, 11) is 0. The first-order chi connectivity index (χ1) is 21.5. The molecule has 6 unspecified atom stereocenters. The van der Waals surface area contributed by atoms with Crippen LogP contribution in [0.4, 0.5) is 4.79 Å². The Labute approximate surface area is 275 Å². The smallest absolute Gasteiger partial charge is 0.410 e. The second-order valence-electron chi connectivity index (χ2n) is 16.6. The van der Waals surface area contributed by atoms with Crippen molar-refractivity contribution in [1.29, 1.82) is 0 Å². The molecule has 1 amide bonds. The van der Waals surface area contributed by atoms with E-state index in [1.165, 1.54) is 0 Å². The van der Waals surface area contributed by atoms with Gasteiger partial charge in [-0.2, -0.15) is 0 Å². The van der Waals surface area contributed by atoms with Crippen LogP contribution in [0, 0.1) is 41.4 Å². The summed E-state index contributed by atoms with van der Waals surface area (Å²) in [4.78, 5) is 51.8. The molecule has 3 fully saturated rings. The normalized spacial score (nSPS) is 33.6. The minimum absolute atomic E-state index is 0.0373. The fourth-order valence-corrected chi connectivity index (χ4v) is 8.72. The van der Waals surface area contributed by atoms with Gasteiger partial charge in [0.15, 0.2) is 5.78 Å². The molecule has 0 N–H and O–H groups in total. The average molecular weight is 640 g/mol. The number of carbonyl (C=O) groups is 3. The zero-order chi connectivity index (χ0) is 34.0. The van der Waals surface area contributed by atoms with Crippen LogP contribution in [0.3, 0.4) is 0 Å². The molecule has 4 rings (SSSR count). The number of nitrogens with zero attached hydrogens (tertiary/aromatic N) is 5. The number of Topliss-reactive ketones (excluding diaryl/α,β-unsaturated/α-hetero) is 1. The van der Waals surface area contributed by atoms with Crippen LogP contribution < -0.4 is 0 Å². The lowest BCUT2D eigenvalue weighted by Gasteiger charge is -2.45. The highest BCUT2D eigenvalue weighted by Crippen LogP contribution is 2.49. The van der Waals surface area contributed by atoms with Gasteiger partial charge in [-0.05, 0) is 129 Å². The van der Waals surface area contributed by atoms with Gasteiger partial charge in [-0.25, -0.2) is 4.79 Å². The number of amides is 1. The maximum atomic E-state index is 14.5. The van der Waals surface area contributed by atoms with E-state index in [0.717, 1.165) is 37.8 Å². The molecule has 10 atom stereocenters. The van der Waals surface area contributed by atoms with Crippen molar-refractivity contribution in [1.82, 2.24) is 4.90 Å². The summed E-state index contributed by atoms with van der Waals surface area (Å²) in [5, 5.41) is 4.21. The quantitative estimate of drug-likeness (QED) is 0.0627. The molecule has 2 aliphatic carbocycles. The van der Waals surface area contributed by atoms with Crippen molar-refractivity contribution in [2.45, 2.75) is 143 Å². The number of carbonyl (C=O) groups excluding carboxylic acids is 3. The van der Waals surface area contributed by atoms with E-state index in [1.807, 2.05) is 52.5 Å². The van der Waals surface area contributed by atoms with Gasteiger partial charge in [0.2, 0.25) is 0 Å². The average Bonchev–Trinajstić information content (AvgIpc) is 3.01. The van der Waals surface area contributed by atoms with E-state index in [9.17, 15) is 19.9 Å². The van der Waals surface area contributed by atoms with Gasteiger partial charge >= 0.3 is 12.1 Å². The third-order valence-electron chi connectivity index (χ3n) is 10.3. The predicted octanol–water partition coefficient (Wildman–Crippen LogP) is 8.10. The van der Waals surface area contributed by atoms with E-state index in [4.69, 9.17) is 14.5 Å². The van der Waals surface area contributed by atoms with Crippen molar-refractivity contribution >= 4 is 23.6 Å². The summed E-state index contributed by atoms with van der Waals surface area (Å²) in [6.07, 6.45) is 7.81. The molecular weight excluding hydrogens is 582 g/mol. The van der Waals surface area contributed by atoms with Crippen LogP contribution >= 0.6 is 0 Å². The number of aliphatic imine (C=N–C) groups is 1. The van der Waals surface area contributed by atoms with Gasteiger partial charge in [0, 0.05) is 47.1 Å². The van der Waals surface area contributed by atoms with E-state index < -0.39 is 29.1 Å². The number of azide groups is 1. The number of piperidine rings is 1. The van der Waals surface area contributed by atoms with Crippen LogP contribution in [0.2, 0.25) is 0 Å². The summed E-state index contributed by atoms with van der Waals surface area (Å²) >= 11 is 0. The topological polar surface area (TPSA) is 134 Å². The molecule has 10 heteroatoms. The third kappa shape index (κ3) is 8.72. The lowest BCUT2D eigenvalue weighted by Crippen LogP contribution is -2.54. The minimum Gasteiger partial charge on any atom is -0.459 e. The van der Waals surface area contributed by atoms with Gasteiger partial charge in [0.25, 0.3) is 0 Å². The maximum absolute atomic E-state index is 14.5. The number of fused-ring (bicyclic) bond motifs is 1. The molecule has 46 heavy (non-hydrogen) atoms. The third-order valence-corrected chi connectivity index (χ3v) is 10.3. The Kier molecular flexibility index (Phi) is 11.3. The first-order valence-corrected chi connectivity index (χ1v) is 17.5. The van der Waals surface area contributed by atoms with E-state index in [2.05, 4.69) is 30.5 Å². The van der Waals surface area contributed by atoms with Crippen molar-refractivity contribution in [2.24, 2.45) is 51.5 Å². The SMILES string of the molecule is C=CC[C@@H]1C[C@H](C)CC(C[C@H](CCC2C(=O)C(C(=O)OC(C)(C)C)C3CC(C)CC4=NC[C@H]2CC43)N=[N+]=[N-])N1C(=O)OC(C)(C)C. The van der Waals surface area contributed by atoms with Crippen LogP contribution in [0.5, 0.6) is 0 Å². The van der Waals surface area contributed by atoms with Gasteiger partial charge in [0.05, 0.1) is 0 Å². The molecule has 0 aromatic heterocycles.